The van der Waals surface area contributed by atoms with Gasteiger partial charge in [-0.1, -0.05) is 34.1 Å². The lowest BCUT2D eigenvalue weighted by Gasteiger charge is -2.17. The SMILES string of the molecule is BrC1CSCC1CC1Cc2ccccc2O1. The summed E-state index contributed by atoms with van der Waals surface area (Å²) in [4.78, 5) is 0.685. The van der Waals surface area contributed by atoms with Crippen LogP contribution in [-0.4, -0.2) is 22.4 Å². The van der Waals surface area contributed by atoms with Crippen LogP contribution < -0.4 is 4.74 Å². The second-order valence-electron chi connectivity index (χ2n) is 4.60. The van der Waals surface area contributed by atoms with Crippen LogP contribution in [0.1, 0.15) is 12.0 Å². The van der Waals surface area contributed by atoms with E-state index in [0.29, 0.717) is 10.9 Å². The van der Waals surface area contributed by atoms with E-state index in [9.17, 15) is 0 Å². The van der Waals surface area contributed by atoms with Crippen LogP contribution in [0.15, 0.2) is 24.3 Å². The van der Waals surface area contributed by atoms with Gasteiger partial charge in [-0.25, -0.2) is 0 Å². The highest BCUT2D eigenvalue weighted by molar-refractivity contribution is 9.09. The monoisotopic (exact) mass is 298 g/mol. The Bertz CT molecular complexity index is 357. The molecule has 3 rings (SSSR count). The summed E-state index contributed by atoms with van der Waals surface area (Å²) in [5, 5.41) is 0. The summed E-state index contributed by atoms with van der Waals surface area (Å²) < 4.78 is 5.99. The zero-order valence-corrected chi connectivity index (χ0v) is 11.5. The van der Waals surface area contributed by atoms with Gasteiger partial charge in [0.15, 0.2) is 0 Å². The van der Waals surface area contributed by atoms with Crippen molar-refractivity contribution in [1.82, 2.24) is 0 Å². The van der Waals surface area contributed by atoms with Gasteiger partial charge in [-0.15, -0.1) is 0 Å². The maximum atomic E-state index is 5.99. The van der Waals surface area contributed by atoms with E-state index in [1.54, 1.807) is 0 Å². The molecule has 0 aromatic heterocycles. The molecule has 2 aliphatic heterocycles. The molecule has 1 nitrogen and oxygen atoms in total. The van der Waals surface area contributed by atoms with Crippen molar-refractivity contribution >= 4 is 27.7 Å². The van der Waals surface area contributed by atoms with E-state index >= 15 is 0 Å². The van der Waals surface area contributed by atoms with E-state index in [4.69, 9.17) is 4.74 Å². The average Bonchev–Trinajstić information content (AvgIpc) is 2.85. The predicted molar refractivity (Wildman–Crippen MR) is 72.7 cm³/mol. The molecule has 3 atom stereocenters. The first-order valence-corrected chi connectivity index (χ1v) is 7.86. The molecular weight excluding hydrogens is 284 g/mol. The topological polar surface area (TPSA) is 9.23 Å². The van der Waals surface area contributed by atoms with Gasteiger partial charge in [0.2, 0.25) is 0 Å². The van der Waals surface area contributed by atoms with Crippen molar-refractivity contribution in [1.29, 1.82) is 0 Å². The fourth-order valence-corrected chi connectivity index (χ4v) is 5.03. The van der Waals surface area contributed by atoms with Crippen LogP contribution >= 0.6 is 27.7 Å². The first-order chi connectivity index (χ1) is 7.83. The van der Waals surface area contributed by atoms with Gasteiger partial charge in [-0.2, -0.15) is 11.8 Å². The standard InChI is InChI=1S/C13H15BrOS/c14-12-8-16-7-10(12)6-11-5-9-3-1-2-4-13(9)15-11/h1-4,10-12H,5-8H2. The number of fused-ring (bicyclic) bond motifs is 1. The summed E-state index contributed by atoms with van der Waals surface area (Å²) >= 11 is 5.83. The van der Waals surface area contributed by atoms with Crippen molar-refractivity contribution < 1.29 is 4.74 Å². The fraction of sp³-hybridized carbons (Fsp3) is 0.538. The molecule has 0 aliphatic carbocycles. The molecule has 86 valence electrons. The lowest BCUT2D eigenvalue weighted by molar-refractivity contribution is 0.201. The molecule has 2 heterocycles. The van der Waals surface area contributed by atoms with E-state index in [1.165, 1.54) is 23.5 Å². The Morgan fingerprint density at radius 1 is 1.31 bits per heavy atom. The molecule has 0 spiro atoms. The highest BCUT2D eigenvalue weighted by atomic mass is 79.9. The number of thioether (sulfide) groups is 1. The molecule has 0 bridgehead atoms. The van der Waals surface area contributed by atoms with Crippen LogP contribution in [0.25, 0.3) is 0 Å². The first-order valence-electron chi connectivity index (χ1n) is 5.79. The third-order valence-electron chi connectivity index (χ3n) is 3.40. The summed E-state index contributed by atoms with van der Waals surface area (Å²) in [6, 6.07) is 8.43. The van der Waals surface area contributed by atoms with Gasteiger partial charge in [0.1, 0.15) is 11.9 Å². The number of halogens is 1. The summed E-state index contributed by atoms with van der Waals surface area (Å²) in [7, 11) is 0. The molecule has 0 amide bonds. The number of benzene rings is 1. The van der Waals surface area contributed by atoms with Gasteiger partial charge in [0.25, 0.3) is 0 Å². The summed E-state index contributed by atoms with van der Waals surface area (Å²) in [6.45, 7) is 0. The van der Waals surface area contributed by atoms with Crippen molar-refractivity contribution in [2.75, 3.05) is 11.5 Å². The van der Waals surface area contributed by atoms with Crippen LogP contribution in [0, 0.1) is 5.92 Å². The number of para-hydroxylation sites is 1. The maximum Gasteiger partial charge on any atom is 0.123 e. The number of rotatable bonds is 2. The molecule has 16 heavy (non-hydrogen) atoms. The summed E-state index contributed by atoms with van der Waals surface area (Å²) in [6.07, 6.45) is 2.69. The largest absolute Gasteiger partial charge is 0.490 e. The molecule has 1 saturated heterocycles. The van der Waals surface area contributed by atoms with E-state index in [-0.39, 0.29) is 0 Å². The van der Waals surface area contributed by atoms with E-state index in [2.05, 4.69) is 52.0 Å². The minimum Gasteiger partial charge on any atom is -0.490 e. The van der Waals surface area contributed by atoms with Crippen molar-refractivity contribution in [2.24, 2.45) is 5.92 Å². The third kappa shape index (κ3) is 2.12. The van der Waals surface area contributed by atoms with Crippen molar-refractivity contribution in [3.05, 3.63) is 29.8 Å². The zero-order chi connectivity index (χ0) is 11.0. The van der Waals surface area contributed by atoms with Crippen LogP contribution in [-0.2, 0) is 6.42 Å². The Morgan fingerprint density at radius 3 is 2.94 bits per heavy atom. The Balaban J connectivity index is 1.63. The highest BCUT2D eigenvalue weighted by Crippen LogP contribution is 2.37. The van der Waals surface area contributed by atoms with Crippen molar-refractivity contribution in [2.45, 2.75) is 23.8 Å². The van der Waals surface area contributed by atoms with Crippen molar-refractivity contribution in [3.63, 3.8) is 0 Å². The van der Waals surface area contributed by atoms with E-state index < -0.39 is 0 Å². The third-order valence-corrected chi connectivity index (χ3v) is 6.16. The molecule has 3 unspecified atom stereocenters. The second kappa shape index (κ2) is 4.61. The Kier molecular flexibility index (Phi) is 3.16. The highest BCUT2D eigenvalue weighted by Gasteiger charge is 2.31. The lowest BCUT2D eigenvalue weighted by atomic mass is 9.98. The van der Waals surface area contributed by atoms with Gasteiger partial charge in [-0.3, -0.25) is 0 Å². The smallest absolute Gasteiger partial charge is 0.123 e. The zero-order valence-electron chi connectivity index (χ0n) is 9.06. The average molecular weight is 299 g/mol. The predicted octanol–water partition coefficient (Wildman–Crippen LogP) is 3.51. The Hall–Kier alpha value is -0.150. The maximum absolute atomic E-state index is 5.99. The molecule has 3 heteroatoms. The van der Waals surface area contributed by atoms with Crippen molar-refractivity contribution in [3.8, 4) is 5.75 Å². The second-order valence-corrected chi connectivity index (χ2v) is 6.85. The van der Waals surface area contributed by atoms with Gasteiger partial charge >= 0.3 is 0 Å². The Labute approximate surface area is 109 Å². The number of alkyl halides is 1. The van der Waals surface area contributed by atoms with Crippen LogP contribution in [0.5, 0.6) is 5.75 Å². The number of ether oxygens (including phenoxy) is 1. The van der Waals surface area contributed by atoms with Crippen LogP contribution in [0.2, 0.25) is 0 Å². The Morgan fingerprint density at radius 2 is 2.19 bits per heavy atom. The first kappa shape index (κ1) is 11.0. The normalized spacial score (nSPS) is 32.4. The molecule has 2 aliphatic rings. The van der Waals surface area contributed by atoms with E-state index in [0.717, 1.165) is 18.1 Å². The fourth-order valence-electron chi connectivity index (χ4n) is 2.51. The molecular formula is C13H15BrOS. The molecule has 0 saturated carbocycles. The molecule has 1 aromatic carbocycles. The molecule has 0 radical (unpaired) electrons. The molecule has 1 fully saturated rings. The van der Waals surface area contributed by atoms with Gasteiger partial charge in [-0.05, 0) is 29.7 Å². The van der Waals surface area contributed by atoms with Gasteiger partial charge in [0.05, 0.1) is 0 Å². The molecule has 1 aromatic rings. The van der Waals surface area contributed by atoms with Gasteiger partial charge < -0.3 is 4.74 Å². The lowest BCUT2D eigenvalue weighted by Crippen LogP contribution is -2.22. The quantitative estimate of drug-likeness (QED) is 0.773. The minimum atomic E-state index is 0.404. The summed E-state index contributed by atoms with van der Waals surface area (Å²) in [5.41, 5.74) is 1.38. The number of hydrogen-bond acceptors (Lipinski definition) is 2. The van der Waals surface area contributed by atoms with Gasteiger partial charge in [0, 0.05) is 17.0 Å². The number of hydrogen-bond donors (Lipinski definition) is 0. The molecule has 0 N–H and O–H groups in total. The summed E-state index contributed by atoms with van der Waals surface area (Å²) in [5.74, 6) is 4.42. The van der Waals surface area contributed by atoms with E-state index in [1.807, 2.05) is 0 Å². The van der Waals surface area contributed by atoms with Crippen LogP contribution in [0.4, 0.5) is 0 Å². The minimum absolute atomic E-state index is 0.404. The van der Waals surface area contributed by atoms with Crippen LogP contribution in [0.3, 0.4) is 0 Å².